The Morgan fingerprint density at radius 2 is 2.00 bits per heavy atom. The first-order chi connectivity index (χ1) is 18.2. The predicted molar refractivity (Wildman–Crippen MR) is 138 cm³/mol. The number of esters is 1. The highest BCUT2D eigenvalue weighted by atomic mass is 31.2. The van der Waals surface area contributed by atoms with Gasteiger partial charge in [-0.3, -0.25) is 13.9 Å². The van der Waals surface area contributed by atoms with Crippen LogP contribution in [0.25, 0.3) is 0 Å². The van der Waals surface area contributed by atoms with E-state index in [2.05, 4.69) is 10.1 Å². The summed E-state index contributed by atoms with van der Waals surface area (Å²) >= 11 is 0. The molecule has 1 aliphatic carbocycles. The van der Waals surface area contributed by atoms with E-state index in [1.165, 1.54) is 29.3 Å². The van der Waals surface area contributed by atoms with Gasteiger partial charge in [0.1, 0.15) is 24.2 Å². The summed E-state index contributed by atoms with van der Waals surface area (Å²) in [5, 5.41) is 2.67. The number of carbonyl (C=O) groups excluding carboxylic acids is 1. The van der Waals surface area contributed by atoms with Crippen molar-refractivity contribution in [2.45, 2.75) is 77.0 Å². The molecule has 2 aromatic rings. The van der Waals surface area contributed by atoms with E-state index < -0.39 is 38.0 Å². The third-order valence-electron chi connectivity index (χ3n) is 6.15. The smallest absolute Gasteiger partial charge is 0.459 e. The summed E-state index contributed by atoms with van der Waals surface area (Å²) in [7, 11) is -4.10. The van der Waals surface area contributed by atoms with Crippen LogP contribution in [-0.4, -0.2) is 47.2 Å². The lowest BCUT2D eigenvalue weighted by atomic mass is 10.1. The van der Waals surface area contributed by atoms with E-state index in [0.29, 0.717) is 18.1 Å². The van der Waals surface area contributed by atoms with Crippen LogP contribution in [0, 0.1) is 0 Å². The Kier molecular flexibility index (Phi) is 9.22. The van der Waals surface area contributed by atoms with Gasteiger partial charge in [-0.05, 0) is 62.8 Å². The van der Waals surface area contributed by atoms with E-state index in [1.54, 1.807) is 19.1 Å². The van der Waals surface area contributed by atoms with Crippen molar-refractivity contribution in [1.29, 1.82) is 0 Å². The molecule has 0 bridgehead atoms. The van der Waals surface area contributed by atoms with Crippen molar-refractivity contribution < 1.29 is 32.6 Å². The van der Waals surface area contributed by atoms with Crippen LogP contribution in [0.1, 0.15) is 64.2 Å². The highest BCUT2D eigenvalue weighted by Gasteiger charge is 2.36. The van der Waals surface area contributed by atoms with Gasteiger partial charge in [0.05, 0.1) is 12.7 Å². The molecule has 0 amide bonds. The van der Waals surface area contributed by atoms with Crippen molar-refractivity contribution in [2.75, 3.05) is 18.9 Å². The number of anilines is 1. The highest BCUT2D eigenvalue weighted by Crippen LogP contribution is 2.46. The molecule has 0 unspecified atom stereocenters. The molecule has 4 rings (SSSR count). The second-order valence-corrected chi connectivity index (χ2v) is 11.2. The van der Waals surface area contributed by atoms with Crippen LogP contribution in [0.2, 0.25) is 0 Å². The minimum Gasteiger partial charge on any atom is -0.462 e. The number of rotatable bonds is 13. The molecule has 2 heterocycles. The first-order valence-corrected chi connectivity index (χ1v) is 14.3. The number of ether oxygens (including phenoxy) is 3. The van der Waals surface area contributed by atoms with Gasteiger partial charge in [-0.25, -0.2) is 9.36 Å². The minimum atomic E-state index is -4.10. The second kappa shape index (κ2) is 12.4. The lowest BCUT2D eigenvalue weighted by Gasteiger charge is -2.24. The van der Waals surface area contributed by atoms with Crippen molar-refractivity contribution in [3.05, 3.63) is 52.6 Å². The van der Waals surface area contributed by atoms with Gasteiger partial charge >= 0.3 is 19.4 Å². The number of benzene rings is 1. The number of carbonyl (C=O) groups is 1. The SMILES string of the molecule is CCC[C@H](C)OC(=O)[C@H](C)N[P@](=O)(OC[C@H]1OC[C@@H](n2ccc(N)nc2=O)O1)Oc1ccc(C2CC2)cc1. The Bertz CT molecular complexity index is 1200. The Morgan fingerprint density at radius 1 is 1.26 bits per heavy atom. The van der Waals surface area contributed by atoms with Gasteiger partial charge < -0.3 is 24.5 Å². The molecule has 2 aliphatic rings. The number of nitrogens with one attached hydrogen (secondary N) is 1. The molecule has 5 atom stereocenters. The zero-order valence-corrected chi connectivity index (χ0v) is 22.7. The number of hydrogen-bond donors (Lipinski definition) is 2. The first-order valence-electron chi connectivity index (χ1n) is 12.8. The van der Waals surface area contributed by atoms with Crippen molar-refractivity contribution in [3.8, 4) is 5.75 Å². The van der Waals surface area contributed by atoms with Crippen molar-refractivity contribution in [2.24, 2.45) is 0 Å². The quantitative estimate of drug-likeness (QED) is 0.278. The fourth-order valence-electron chi connectivity index (χ4n) is 3.98. The fourth-order valence-corrected chi connectivity index (χ4v) is 5.46. The Morgan fingerprint density at radius 3 is 2.66 bits per heavy atom. The van der Waals surface area contributed by atoms with Crippen molar-refractivity contribution in [3.63, 3.8) is 0 Å². The van der Waals surface area contributed by atoms with E-state index in [-0.39, 0.29) is 25.1 Å². The lowest BCUT2D eigenvalue weighted by Crippen LogP contribution is -2.37. The van der Waals surface area contributed by atoms with Crippen LogP contribution >= 0.6 is 7.75 Å². The maximum absolute atomic E-state index is 13.8. The molecule has 13 heteroatoms. The molecule has 0 radical (unpaired) electrons. The zero-order valence-electron chi connectivity index (χ0n) is 21.8. The van der Waals surface area contributed by atoms with Gasteiger partial charge in [0.2, 0.25) is 0 Å². The number of nitrogens with two attached hydrogens (primary N) is 1. The van der Waals surface area contributed by atoms with Crippen LogP contribution in [0.5, 0.6) is 5.75 Å². The molecule has 1 saturated carbocycles. The van der Waals surface area contributed by atoms with Crippen molar-refractivity contribution in [1.82, 2.24) is 14.6 Å². The standard InChI is InChI=1S/C25H35N4O8P/c1-4-5-16(2)35-24(30)17(3)28-38(32,37-20-10-8-19(9-11-20)18-6-7-18)34-15-23-33-14-22(36-23)29-13-12-21(26)27-25(29)31/h8-13,16-18,22-23H,4-7,14-15H2,1-3H3,(H,28,32)(H2,26,27,31)/t16-,17-,22-,23-,38-/m0/s1. The summed E-state index contributed by atoms with van der Waals surface area (Å²) in [5.41, 5.74) is 6.14. The summed E-state index contributed by atoms with van der Waals surface area (Å²) in [4.78, 5) is 28.4. The third-order valence-corrected chi connectivity index (χ3v) is 7.79. The Balaban J connectivity index is 1.41. The van der Waals surface area contributed by atoms with E-state index in [4.69, 9.17) is 29.0 Å². The van der Waals surface area contributed by atoms with Crippen LogP contribution in [0.15, 0.2) is 41.3 Å². The van der Waals surface area contributed by atoms with Crippen LogP contribution < -0.4 is 21.0 Å². The van der Waals surface area contributed by atoms with Gasteiger partial charge in [-0.1, -0.05) is 25.5 Å². The van der Waals surface area contributed by atoms with Gasteiger partial charge in [0, 0.05) is 6.20 Å². The number of nitrogen functional groups attached to an aromatic ring is 1. The van der Waals surface area contributed by atoms with E-state index >= 15 is 0 Å². The molecule has 38 heavy (non-hydrogen) atoms. The maximum atomic E-state index is 13.8. The summed E-state index contributed by atoms with van der Waals surface area (Å²) < 4.78 is 43.2. The van der Waals surface area contributed by atoms with Crippen molar-refractivity contribution >= 4 is 19.5 Å². The van der Waals surface area contributed by atoms with Gasteiger partial charge in [-0.15, -0.1) is 0 Å². The summed E-state index contributed by atoms with van der Waals surface area (Å²) in [6, 6.07) is 7.77. The molecule has 208 valence electrons. The fraction of sp³-hybridized carbons (Fsp3) is 0.560. The number of nitrogens with zero attached hydrogens (tertiary/aromatic N) is 2. The average Bonchev–Trinajstić information content (AvgIpc) is 3.61. The number of hydrogen-bond acceptors (Lipinski definition) is 10. The normalized spacial score (nSPS) is 22.4. The highest BCUT2D eigenvalue weighted by molar-refractivity contribution is 7.52. The van der Waals surface area contributed by atoms with Crippen LogP contribution in [0.4, 0.5) is 5.82 Å². The average molecular weight is 551 g/mol. The maximum Gasteiger partial charge on any atom is 0.459 e. The third kappa shape index (κ3) is 7.64. The predicted octanol–water partition coefficient (Wildman–Crippen LogP) is 3.49. The second-order valence-electron chi connectivity index (χ2n) is 9.51. The first kappa shape index (κ1) is 28.3. The summed E-state index contributed by atoms with van der Waals surface area (Å²) in [6.07, 6.45) is 3.33. The Hall–Kier alpha value is -2.76. The molecule has 3 N–H and O–H groups in total. The molecule has 2 fully saturated rings. The zero-order chi connectivity index (χ0) is 27.3. The van der Waals surface area contributed by atoms with Gasteiger partial charge in [0.15, 0.2) is 12.5 Å². The van der Waals surface area contributed by atoms with E-state index in [1.807, 2.05) is 19.1 Å². The molecule has 1 aliphatic heterocycles. The summed E-state index contributed by atoms with van der Waals surface area (Å²) in [5.74, 6) is 0.386. The van der Waals surface area contributed by atoms with Crippen LogP contribution in [-0.2, 0) is 28.1 Å². The Labute approximate surface area is 221 Å². The van der Waals surface area contributed by atoms with E-state index in [0.717, 1.165) is 19.3 Å². The lowest BCUT2D eigenvalue weighted by molar-refractivity contribution is -0.150. The minimum absolute atomic E-state index is 0.0405. The molecular formula is C25H35N4O8P. The molecule has 12 nitrogen and oxygen atoms in total. The van der Waals surface area contributed by atoms with Gasteiger partial charge in [0.25, 0.3) is 0 Å². The van der Waals surface area contributed by atoms with E-state index in [9.17, 15) is 14.2 Å². The molecule has 1 saturated heterocycles. The van der Waals surface area contributed by atoms with Gasteiger partial charge in [-0.2, -0.15) is 10.1 Å². The molecular weight excluding hydrogens is 515 g/mol. The number of aromatic nitrogens is 2. The monoisotopic (exact) mass is 550 g/mol. The topological polar surface area (TPSA) is 153 Å². The molecule has 1 aromatic heterocycles. The van der Waals surface area contributed by atoms with Crippen LogP contribution in [0.3, 0.4) is 0 Å². The molecule has 0 spiro atoms. The largest absolute Gasteiger partial charge is 0.462 e. The summed E-state index contributed by atoms with van der Waals surface area (Å²) in [6.45, 7) is 5.06. The molecule has 1 aromatic carbocycles.